The summed E-state index contributed by atoms with van der Waals surface area (Å²) in [6.45, 7) is 2.39. The third-order valence-corrected chi connectivity index (χ3v) is 5.78. The standard InChI is InChI=1S/C20H21NO5S/c1-14-7-8-17(27(2,24)25)11-18(14)20(23)26-13-19(22)21-10-9-15-5-3-4-6-16(15)12-21/h3-8,11H,9-10,12-13H2,1-2H3. The van der Waals surface area contributed by atoms with Gasteiger partial charge >= 0.3 is 5.97 Å². The first-order chi connectivity index (χ1) is 12.8. The van der Waals surface area contributed by atoms with Crippen LogP contribution in [0.15, 0.2) is 47.4 Å². The summed E-state index contributed by atoms with van der Waals surface area (Å²) in [6, 6.07) is 12.2. The molecular formula is C20H21NO5S. The van der Waals surface area contributed by atoms with Gasteiger partial charge in [0.1, 0.15) is 0 Å². The highest BCUT2D eigenvalue weighted by Crippen LogP contribution is 2.19. The number of carbonyl (C=O) groups is 2. The molecule has 7 heteroatoms. The summed E-state index contributed by atoms with van der Waals surface area (Å²) < 4.78 is 28.5. The maximum Gasteiger partial charge on any atom is 0.338 e. The molecule has 0 saturated carbocycles. The Hall–Kier alpha value is -2.67. The van der Waals surface area contributed by atoms with Crippen molar-refractivity contribution in [1.29, 1.82) is 0 Å². The predicted molar refractivity (Wildman–Crippen MR) is 100 cm³/mol. The van der Waals surface area contributed by atoms with E-state index in [0.717, 1.165) is 18.2 Å². The topological polar surface area (TPSA) is 80.7 Å². The highest BCUT2D eigenvalue weighted by Gasteiger charge is 2.22. The van der Waals surface area contributed by atoms with Crippen molar-refractivity contribution in [3.05, 3.63) is 64.7 Å². The lowest BCUT2D eigenvalue weighted by atomic mass is 10.00. The maximum atomic E-state index is 12.4. The number of esters is 1. The van der Waals surface area contributed by atoms with E-state index in [1.165, 1.54) is 17.7 Å². The molecule has 3 rings (SSSR count). The van der Waals surface area contributed by atoms with Crippen molar-refractivity contribution in [2.75, 3.05) is 19.4 Å². The summed E-state index contributed by atoms with van der Waals surface area (Å²) >= 11 is 0. The van der Waals surface area contributed by atoms with E-state index in [1.807, 2.05) is 18.2 Å². The van der Waals surface area contributed by atoms with Gasteiger partial charge in [-0.1, -0.05) is 30.3 Å². The predicted octanol–water partition coefficient (Wildman–Crippen LogP) is 2.14. The quantitative estimate of drug-likeness (QED) is 0.751. The van der Waals surface area contributed by atoms with Gasteiger partial charge in [-0.2, -0.15) is 0 Å². The second-order valence-corrected chi connectivity index (χ2v) is 8.67. The molecule has 6 nitrogen and oxygen atoms in total. The number of hydrogen-bond acceptors (Lipinski definition) is 5. The molecule has 1 aliphatic heterocycles. The van der Waals surface area contributed by atoms with Crippen molar-refractivity contribution in [2.45, 2.75) is 24.8 Å². The first-order valence-electron chi connectivity index (χ1n) is 8.58. The van der Waals surface area contributed by atoms with Crippen LogP contribution in [0.4, 0.5) is 0 Å². The Balaban J connectivity index is 1.65. The summed E-state index contributed by atoms with van der Waals surface area (Å²) in [5.74, 6) is -0.974. The van der Waals surface area contributed by atoms with Crippen LogP contribution in [0.5, 0.6) is 0 Å². The first-order valence-corrected chi connectivity index (χ1v) is 10.5. The second kappa shape index (κ2) is 7.52. The van der Waals surface area contributed by atoms with Crippen LogP contribution < -0.4 is 0 Å². The molecule has 0 aromatic heterocycles. The Morgan fingerprint density at radius 3 is 2.52 bits per heavy atom. The van der Waals surface area contributed by atoms with E-state index in [-0.39, 0.29) is 23.0 Å². The van der Waals surface area contributed by atoms with E-state index in [9.17, 15) is 18.0 Å². The van der Waals surface area contributed by atoms with Gasteiger partial charge in [-0.15, -0.1) is 0 Å². The average Bonchev–Trinajstić information content (AvgIpc) is 2.64. The highest BCUT2D eigenvalue weighted by atomic mass is 32.2. The van der Waals surface area contributed by atoms with E-state index in [4.69, 9.17) is 4.74 Å². The highest BCUT2D eigenvalue weighted by molar-refractivity contribution is 7.90. The zero-order valence-electron chi connectivity index (χ0n) is 15.3. The van der Waals surface area contributed by atoms with Gasteiger partial charge in [0.2, 0.25) is 0 Å². The minimum absolute atomic E-state index is 0.0408. The number of carbonyl (C=O) groups excluding carboxylic acids is 2. The number of nitrogens with zero attached hydrogens (tertiary/aromatic N) is 1. The largest absolute Gasteiger partial charge is 0.452 e. The fourth-order valence-electron chi connectivity index (χ4n) is 3.06. The summed E-state index contributed by atoms with van der Waals surface area (Å²) in [5.41, 5.74) is 3.06. The number of sulfone groups is 1. The van der Waals surface area contributed by atoms with E-state index < -0.39 is 15.8 Å². The van der Waals surface area contributed by atoms with Gasteiger partial charge in [-0.25, -0.2) is 13.2 Å². The molecule has 2 aromatic carbocycles. The summed E-state index contributed by atoms with van der Waals surface area (Å²) in [5, 5.41) is 0. The fourth-order valence-corrected chi connectivity index (χ4v) is 3.70. The van der Waals surface area contributed by atoms with Gasteiger partial charge in [0, 0.05) is 19.3 Å². The number of hydrogen-bond donors (Lipinski definition) is 0. The molecule has 1 amide bonds. The molecule has 1 aliphatic rings. The number of benzene rings is 2. The fraction of sp³-hybridized carbons (Fsp3) is 0.300. The number of fused-ring (bicyclic) bond motifs is 1. The van der Waals surface area contributed by atoms with Crippen molar-refractivity contribution in [1.82, 2.24) is 4.90 Å². The lowest BCUT2D eigenvalue weighted by molar-refractivity contribution is -0.135. The molecule has 0 saturated heterocycles. The summed E-state index contributed by atoms with van der Waals surface area (Å²) in [7, 11) is -3.44. The molecule has 2 aromatic rings. The van der Waals surface area contributed by atoms with Crippen LogP contribution in [0, 0.1) is 6.92 Å². The molecule has 0 fully saturated rings. The van der Waals surface area contributed by atoms with Crippen LogP contribution in [0.3, 0.4) is 0 Å². The maximum absolute atomic E-state index is 12.4. The van der Waals surface area contributed by atoms with Gasteiger partial charge in [-0.05, 0) is 42.2 Å². The molecule has 0 radical (unpaired) electrons. The van der Waals surface area contributed by atoms with Crippen molar-refractivity contribution >= 4 is 21.7 Å². The normalized spacial score (nSPS) is 13.8. The van der Waals surface area contributed by atoms with Crippen molar-refractivity contribution in [3.63, 3.8) is 0 Å². The van der Waals surface area contributed by atoms with Crippen LogP contribution in [-0.2, 0) is 32.3 Å². The number of aryl methyl sites for hydroxylation is 1. The second-order valence-electron chi connectivity index (χ2n) is 6.66. The van der Waals surface area contributed by atoms with Gasteiger partial charge < -0.3 is 9.64 Å². The molecule has 0 bridgehead atoms. The van der Waals surface area contributed by atoms with Crippen LogP contribution in [0.2, 0.25) is 0 Å². The zero-order chi connectivity index (χ0) is 19.6. The third-order valence-electron chi connectivity index (χ3n) is 4.67. The first kappa shape index (κ1) is 19.1. The van der Waals surface area contributed by atoms with Gasteiger partial charge in [0.25, 0.3) is 5.91 Å². The monoisotopic (exact) mass is 387 g/mol. The molecule has 27 heavy (non-hydrogen) atoms. The van der Waals surface area contributed by atoms with E-state index in [1.54, 1.807) is 17.9 Å². The van der Waals surface area contributed by atoms with E-state index >= 15 is 0 Å². The Labute approximate surface area is 158 Å². The van der Waals surface area contributed by atoms with E-state index in [0.29, 0.717) is 18.7 Å². The van der Waals surface area contributed by atoms with Gasteiger partial charge in [0.05, 0.1) is 10.5 Å². The molecule has 0 unspecified atom stereocenters. The Kier molecular flexibility index (Phi) is 5.32. The number of amides is 1. The van der Waals surface area contributed by atoms with Crippen LogP contribution in [0.25, 0.3) is 0 Å². The minimum Gasteiger partial charge on any atom is -0.452 e. The van der Waals surface area contributed by atoms with Crippen LogP contribution in [0.1, 0.15) is 27.0 Å². The van der Waals surface area contributed by atoms with Crippen molar-refractivity contribution < 1.29 is 22.7 Å². The zero-order valence-corrected chi connectivity index (χ0v) is 16.1. The smallest absolute Gasteiger partial charge is 0.338 e. The molecule has 0 atom stereocenters. The molecule has 0 aliphatic carbocycles. The number of ether oxygens (including phenoxy) is 1. The Morgan fingerprint density at radius 2 is 1.81 bits per heavy atom. The molecule has 0 spiro atoms. The van der Waals surface area contributed by atoms with Crippen molar-refractivity contribution in [3.8, 4) is 0 Å². The van der Waals surface area contributed by atoms with Gasteiger partial charge in [0.15, 0.2) is 16.4 Å². The lowest BCUT2D eigenvalue weighted by Crippen LogP contribution is -2.38. The summed E-state index contributed by atoms with van der Waals surface area (Å²) in [6.07, 6.45) is 1.84. The van der Waals surface area contributed by atoms with Crippen molar-refractivity contribution in [2.24, 2.45) is 0 Å². The van der Waals surface area contributed by atoms with Crippen LogP contribution >= 0.6 is 0 Å². The lowest BCUT2D eigenvalue weighted by Gasteiger charge is -2.28. The van der Waals surface area contributed by atoms with E-state index in [2.05, 4.69) is 6.07 Å². The Bertz CT molecular complexity index is 997. The molecule has 142 valence electrons. The van der Waals surface area contributed by atoms with Crippen LogP contribution in [-0.4, -0.2) is 44.6 Å². The Morgan fingerprint density at radius 1 is 1.11 bits per heavy atom. The third kappa shape index (κ3) is 4.36. The summed E-state index contributed by atoms with van der Waals surface area (Å²) in [4.78, 5) is 26.5. The molecular weight excluding hydrogens is 366 g/mol. The minimum atomic E-state index is -3.44. The van der Waals surface area contributed by atoms with Gasteiger partial charge in [-0.3, -0.25) is 4.79 Å². The molecule has 1 heterocycles. The number of rotatable bonds is 4. The average molecular weight is 387 g/mol. The SMILES string of the molecule is Cc1ccc(S(C)(=O)=O)cc1C(=O)OCC(=O)N1CCc2ccccc2C1. The molecule has 0 N–H and O–H groups in total.